The lowest BCUT2D eigenvalue weighted by atomic mass is 10.1. The monoisotopic (exact) mass is 251 g/mol. The van der Waals surface area contributed by atoms with E-state index in [9.17, 15) is 0 Å². The van der Waals surface area contributed by atoms with Gasteiger partial charge in [0.2, 0.25) is 0 Å². The lowest BCUT2D eigenvalue weighted by molar-refractivity contribution is 0.531. The maximum absolute atomic E-state index is 5.96. The second kappa shape index (κ2) is 5.07. The molecule has 1 aromatic carbocycles. The van der Waals surface area contributed by atoms with E-state index < -0.39 is 0 Å². The van der Waals surface area contributed by atoms with Crippen molar-refractivity contribution in [2.75, 3.05) is 6.54 Å². The summed E-state index contributed by atoms with van der Waals surface area (Å²) in [6.45, 7) is 2.90. The van der Waals surface area contributed by atoms with E-state index in [4.69, 9.17) is 17.3 Å². The van der Waals surface area contributed by atoms with Crippen molar-refractivity contribution in [2.24, 2.45) is 18.7 Å². The van der Waals surface area contributed by atoms with Crippen molar-refractivity contribution in [3.63, 3.8) is 0 Å². The number of nitrogens with two attached hydrogens (primary N) is 1. The van der Waals surface area contributed by atoms with Gasteiger partial charge in [0.05, 0.1) is 11.0 Å². The predicted molar refractivity (Wildman–Crippen MR) is 72.3 cm³/mol. The highest BCUT2D eigenvalue weighted by atomic mass is 35.5. The third-order valence-electron chi connectivity index (χ3n) is 3.20. The Morgan fingerprint density at radius 3 is 2.94 bits per heavy atom. The maximum atomic E-state index is 5.96. The van der Waals surface area contributed by atoms with Crippen molar-refractivity contribution in [3.8, 4) is 0 Å². The van der Waals surface area contributed by atoms with Crippen LogP contribution in [0.5, 0.6) is 0 Å². The largest absolute Gasteiger partial charge is 0.331 e. The molecule has 2 N–H and O–H groups in total. The summed E-state index contributed by atoms with van der Waals surface area (Å²) in [5, 5.41) is 0.734. The second-order valence-corrected chi connectivity index (χ2v) is 5.04. The molecule has 0 aliphatic carbocycles. The van der Waals surface area contributed by atoms with Gasteiger partial charge in [-0.15, -0.1) is 0 Å². The summed E-state index contributed by atoms with van der Waals surface area (Å²) >= 11 is 5.96. The van der Waals surface area contributed by atoms with Gasteiger partial charge in [0.15, 0.2) is 0 Å². The Labute approximate surface area is 107 Å². The Kier molecular flexibility index (Phi) is 3.69. The number of nitrogens with zero attached hydrogens (tertiary/aromatic N) is 2. The van der Waals surface area contributed by atoms with E-state index in [1.165, 1.54) is 0 Å². The van der Waals surface area contributed by atoms with E-state index in [2.05, 4.69) is 16.5 Å². The van der Waals surface area contributed by atoms with E-state index in [1.54, 1.807) is 0 Å². The smallest absolute Gasteiger partial charge is 0.109 e. The van der Waals surface area contributed by atoms with E-state index in [-0.39, 0.29) is 0 Å². The van der Waals surface area contributed by atoms with Crippen LogP contribution in [0.15, 0.2) is 18.2 Å². The van der Waals surface area contributed by atoms with Gasteiger partial charge in [0.1, 0.15) is 5.82 Å². The summed E-state index contributed by atoms with van der Waals surface area (Å²) in [6.07, 6.45) is 2.03. The van der Waals surface area contributed by atoms with Gasteiger partial charge in [-0.1, -0.05) is 18.5 Å². The number of aromatic nitrogens is 2. The van der Waals surface area contributed by atoms with E-state index >= 15 is 0 Å². The first-order chi connectivity index (χ1) is 8.11. The fraction of sp³-hybridized carbons (Fsp3) is 0.462. The third kappa shape index (κ3) is 2.61. The van der Waals surface area contributed by atoms with Crippen LogP contribution in [0.3, 0.4) is 0 Å². The molecular weight excluding hydrogens is 234 g/mol. The second-order valence-electron chi connectivity index (χ2n) is 4.60. The van der Waals surface area contributed by atoms with Crippen LogP contribution in [0.1, 0.15) is 19.2 Å². The van der Waals surface area contributed by atoms with E-state index in [0.29, 0.717) is 5.92 Å². The van der Waals surface area contributed by atoms with Crippen LogP contribution in [-0.4, -0.2) is 16.1 Å². The van der Waals surface area contributed by atoms with Crippen molar-refractivity contribution in [1.29, 1.82) is 0 Å². The zero-order valence-electron chi connectivity index (χ0n) is 10.3. The SMILES string of the molecule is CC(CN)CCc1nc2cc(Cl)ccc2n1C. The van der Waals surface area contributed by atoms with Gasteiger partial charge in [-0.3, -0.25) is 0 Å². The highest BCUT2D eigenvalue weighted by Gasteiger charge is 2.09. The Hall–Kier alpha value is -1.06. The molecule has 1 heterocycles. The first kappa shape index (κ1) is 12.4. The molecule has 0 aliphatic heterocycles. The van der Waals surface area contributed by atoms with Gasteiger partial charge in [-0.25, -0.2) is 4.98 Å². The van der Waals surface area contributed by atoms with Crippen LogP contribution in [-0.2, 0) is 13.5 Å². The number of halogens is 1. The topological polar surface area (TPSA) is 43.8 Å². The standard InChI is InChI=1S/C13H18ClN3/c1-9(8-15)3-6-13-16-11-7-10(14)4-5-12(11)17(13)2/h4-5,7,9H,3,6,8,15H2,1-2H3. The molecule has 0 spiro atoms. The van der Waals surface area contributed by atoms with Crippen LogP contribution in [0, 0.1) is 5.92 Å². The number of hydrogen-bond acceptors (Lipinski definition) is 2. The predicted octanol–water partition coefficient (Wildman–Crippen LogP) is 2.75. The average molecular weight is 252 g/mol. The van der Waals surface area contributed by atoms with Crippen LogP contribution >= 0.6 is 11.6 Å². The van der Waals surface area contributed by atoms with Gasteiger partial charge in [-0.05, 0) is 37.1 Å². The minimum absolute atomic E-state index is 0.540. The average Bonchev–Trinajstić information content (AvgIpc) is 2.62. The molecule has 0 amide bonds. The molecule has 2 aromatic rings. The number of rotatable bonds is 4. The fourth-order valence-corrected chi connectivity index (χ4v) is 2.11. The number of aryl methyl sites for hydroxylation is 2. The van der Waals surface area contributed by atoms with Gasteiger partial charge in [0.25, 0.3) is 0 Å². The molecule has 92 valence electrons. The van der Waals surface area contributed by atoms with Crippen LogP contribution in [0.4, 0.5) is 0 Å². The molecule has 2 rings (SSSR count). The molecule has 0 saturated carbocycles. The number of fused-ring (bicyclic) bond motifs is 1. The van der Waals surface area contributed by atoms with Gasteiger partial charge >= 0.3 is 0 Å². The zero-order chi connectivity index (χ0) is 12.4. The molecular formula is C13H18ClN3. The number of imidazole rings is 1. The normalized spacial score (nSPS) is 13.2. The minimum Gasteiger partial charge on any atom is -0.331 e. The molecule has 0 radical (unpaired) electrons. The Balaban J connectivity index is 2.26. The molecule has 3 nitrogen and oxygen atoms in total. The third-order valence-corrected chi connectivity index (χ3v) is 3.43. The maximum Gasteiger partial charge on any atom is 0.109 e. The van der Waals surface area contributed by atoms with Gasteiger partial charge in [-0.2, -0.15) is 0 Å². The molecule has 4 heteroatoms. The van der Waals surface area contributed by atoms with Crippen molar-refractivity contribution in [3.05, 3.63) is 29.0 Å². The van der Waals surface area contributed by atoms with Crippen LogP contribution < -0.4 is 5.73 Å². The molecule has 1 atom stereocenters. The van der Waals surface area contributed by atoms with Crippen LogP contribution in [0.25, 0.3) is 11.0 Å². The quantitative estimate of drug-likeness (QED) is 0.908. The first-order valence-corrected chi connectivity index (χ1v) is 6.30. The Bertz CT molecular complexity index is 519. The number of hydrogen-bond donors (Lipinski definition) is 1. The molecule has 1 unspecified atom stereocenters. The summed E-state index contributed by atoms with van der Waals surface area (Å²) < 4.78 is 2.13. The van der Waals surface area contributed by atoms with Crippen LogP contribution in [0.2, 0.25) is 5.02 Å². The summed E-state index contributed by atoms with van der Waals surface area (Å²) in [5.41, 5.74) is 7.72. The summed E-state index contributed by atoms with van der Waals surface area (Å²) in [4.78, 5) is 4.62. The lowest BCUT2D eigenvalue weighted by Crippen LogP contribution is -2.12. The molecule has 17 heavy (non-hydrogen) atoms. The molecule has 0 fully saturated rings. The van der Waals surface area contributed by atoms with E-state index in [1.807, 2.05) is 25.2 Å². The number of benzene rings is 1. The molecule has 0 saturated heterocycles. The first-order valence-electron chi connectivity index (χ1n) is 5.92. The fourth-order valence-electron chi connectivity index (χ4n) is 1.94. The van der Waals surface area contributed by atoms with Crippen molar-refractivity contribution in [1.82, 2.24) is 9.55 Å². The Morgan fingerprint density at radius 1 is 1.47 bits per heavy atom. The minimum atomic E-state index is 0.540. The molecule has 0 bridgehead atoms. The van der Waals surface area contributed by atoms with Crippen molar-refractivity contribution < 1.29 is 0 Å². The Morgan fingerprint density at radius 2 is 2.24 bits per heavy atom. The van der Waals surface area contributed by atoms with Gasteiger partial charge < -0.3 is 10.3 Å². The summed E-state index contributed by atoms with van der Waals surface area (Å²) in [5.74, 6) is 1.64. The lowest BCUT2D eigenvalue weighted by Gasteiger charge is -2.07. The van der Waals surface area contributed by atoms with Crippen molar-refractivity contribution in [2.45, 2.75) is 19.8 Å². The zero-order valence-corrected chi connectivity index (χ0v) is 11.0. The van der Waals surface area contributed by atoms with Crippen molar-refractivity contribution >= 4 is 22.6 Å². The summed E-state index contributed by atoms with van der Waals surface area (Å²) in [7, 11) is 2.05. The molecule has 0 aliphatic rings. The highest BCUT2D eigenvalue weighted by molar-refractivity contribution is 6.31. The summed E-state index contributed by atoms with van der Waals surface area (Å²) in [6, 6.07) is 5.82. The highest BCUT2D eigenvalue weighted by Crippen LogP contribution is 2.20. The van der Waals surface area contributed by atoms with E-state index in [0.717, 1.165) is 41.3 Å². The molecule has 1 aromatic heterocycles. The van der Waals surface area contributed by atoms with Gasteiger partial charge in [0, 0.05) is 18.5 Å².